The lowest BCUT2D eigenvalue weighted by Gasteiger charge is -2.15. The van der Waals surface area contributed by atoms with Gasteiger partial charge in [0.25, 0.3) is 0 Å². The highest BCUT2D eigenvalue weighted by molar-refractivity contribution is 6.11. The zero-order chi connectivity index (χ0) is 15.8. The van der Waals surface area contributed by atoms with E-state index in [1.807, 2.05) is 0 Å². The van der Waals surface area contributed by atoms with Crippen LogP contribution in [-0.4, -0.2) is 30.5 Å². The van der Waals surface area contributed by atoms with Crippen LogP contribution in [0.2, 0.25) is 0 Å². The summed E-state index contributed by atoms with van der Waals surface area (Å²) in [6.07, 6.45) is 1.01. The van der Waals surface area contributed by atoms with Crippen molar-refractivity contribution in [1.82, 2.24) is 0 Å². The van der Waals surface area contributed by atoms with Gasteiger partial charge in [-0.05, 0) is 19.4 Å². The number of ketones is 1. The summed E-state index contributed by atoms with van der Waals surface area (Å²) < 4.78 is 4.75. The summed E-state index contributed by atoms with van der Waals surface area (Å²) in [6.45, 7) is 2.95. The number of nitrogens with zero attached hydrogens (tertiary/aromatic N) is 1. The van der Waals surface area contributed by atoms with Crippen LogP contribution in [0.25, 0.3) is 0 Å². The van der Waals surface area contributed by atoms with E-state index in [1.54, 1.807) is 37.3 Å². The average molecular weight is 290 g/mol. The minimum Gasteiger partial charge on any atom is -0.547 e. The number of carbonyl (C=O) groups is 3. The molecule has 0 amide bonds. The van der Waals surface area contributed by atoms with Crippen LogP contribution in [0.3, 0.4) is 0 Å². The molecular formula is C15H16NO5-. The number of hydrogen-bond donors (Lipinski definition) is 0. The predicted molar refractivity (Wildman–Crippen MR) is 73.5 cm³/mol. The molecule has 0 saturated carbocycles. The normalized spacial score (nSPS) is 13.6. The molecule has 1 aromatic rings. The second-order valence-electron chi connectivity index (χ2n) is 4.27. The lowest BCUT2D eigenvalue weighted by molar-refractivity contribution is -0.307. The molecule has 6 nitrogen and oxygen atoms in total. The van der Waals surface area contributed by atoms with E-state index in [0.29, 0.717) is 5.56 Å². The number of esters is 1. The highest BCUT2D eigenvalue weighted by Crippen LogP contribution is 2.16. The predicted octanol–water partition coefficient (Wildman–Crippen LogP) is 0.317. The maximum absolute atomic E-state index is 11.6. The molecule has 0 spiro atoms. The average Bonchev–Trinajstić information content (AvgIpc) is 2.43. The molecule has 0 radical (unpaired) electrons. The molecule has 2 atom stereocenters. The molecule has 0 fully saturated rings. The third-order valence-electron chi connectivity index (χ3n) is 2.70. The Labute approximate surface area is 122 Å². The maximum Gasteiger partial charge on any atom is 0.321 e. The monoisotopic (exact) mass is 290 g/mol. The van der Waals surface area contributed by atoms with Crippen LogP contribution < -0.4 is 5.11 Å². The number of aliphatic carboxylic acids is 1. The summed E-state index contributed by atoms with van der Waals surface area (Å²) in [5.41, 5.74) is 0.403. The van der Waals surface area contributed by atoms with Gasteiger partial charge in [-0.2, -0.15) is 0 Å². The molecule has 1 rings (SSSR count). The van der Waals surface area contributed by atoms with Gasteiger partial charge in [0.1, 0.15) is 17.7 Å². The molecule has 21 heavy (non-hydrogen) atoms. The van der Waals surface area contributed by atoms with Crippen molar-refractivity contribution in [3.63, 3.8) is 0 Å². The third-order valence-corrected chi connectivity index (χ3v) is 2.70. The summed E-state index contributed by atoms with van der Waals surface area (Å²) in [6, 6.07) is 6.93. The molecule has 112 valence electrons. The number of benzene rings is 1. The van der Waals surface area contributed by atoms with Crippen LogP contribution in [0, 0.1) is 5.92 Å². The van der Waals surface area contributed by atoms with E-state index in [-0.39, 0.29) is 6.61 Å². The fourth-order valence-corrected chi connectivity index (χ4v) is 1.65. The number of carboxylic acids is 1. The molecule has 6 heteroatoms. The summed E-state index contributed by atoms with van der Waals surface area (Å²) >= 11 is 0. The van der Waals surface area contributed by atoms with Gasteiger partial charge in [-0.3, -0.25) is 14.6 Å². The Morgan fingerprint density at radius 1 is 1.29 bits per heavy atom. The quantitative estimate of drug-likeness (QED) is 0.409. The molecule has 0 aliphatic rings. The molecule has 0 N–H and O–H groups in total. The Morgan fingerprint density at radius 2 is 1.90 bits per heavy atom. The van der Waals surface area contributed by atoms with E-state index in [2.05, 4.69) is 4.99 Å². The van der Waals surface area contributed by atoms with Gasteiger partial charge in [0.15, 0.2) is 0 Å². The second kappa shape index (κ2) is 7.94. The summed E-state index contributed by atoms with van der Waals surface area (Å²) in [5, 5.41) is 11.2. The first kappa shape index (κ1) is 16.6. The Hall–Kier alpha value is -2.50. The van der Waals surface area contributed by atoms with Crippen LogP contribution in [0.4, 0.5) is 0 Å². The number of Topliss-reactive ketones (excluding diaryl/α,β-unsaturated/α-hetero) is 1. The zero-order valence-corrected chi connectivity index (χ0v) is 11.8. The van der Waals surface area contributed by atoms with E-state index in [0.717, 1.165) is 6.21 Å². The minimum atomic E-state index is -1.41. The van der Waals surface area contributed by atoms with Crippen molar-refractivity contribution in [3.8, 4) is 0 Å². The van der Waals surface area contributed by atoms with Crippen LogP contribution in [0.15, 0.2) is 35.3 Å². The molecule has 0 saturated heterocycles. The molecule has 0 aliphatic carbocycles. The Kier molecular flexibility index (Phi) is 6.26. The highest BCUT2D eigenvalue weighted by Gasteiger charge is 2.23. The Morgan fingerprint density at radius 3 is 2.38 bits per heavy atom. The van der Waals surface area contributed by atoms with Gasteiger partial charge in [-0.25, -0.2) is 0 Å². The SMILES string of the molecule is CCOC(=O)[C@@H](C=N[C@H](C(=O)[O-])c1ccccc1)C(C)=O. The van der Waals surface area contributed by atoms with Gasteiger partial charge >= 0.3 is 5.97 Å². The lowest BCUT2D eigenvalue weighted by atomic mass is 10.1. The summed E-state index contributed by atoms with van der Waals surface area (Å²) in [7, 11) is 0. The van der Waals surface area contributed by atoms with Crippen molar-refractivity contribution in [2.45, 2.75) is 19.9 Å². The van der Waals surface area contributed by atoms with Crippen molar-refractivity contribution in [2.75, 3.05) is 6.61 Å². The van der Waals surface area contributed by atoms with Crippen molar-refractivity contribution in [2.24, 2.45) is 10.9 Å². The van der Waals surface area contributed by atoms with Gasteiger partial charge in [0.2, 0.25) is 0 Å². The fraction of sp³-hybridized carbons (Fsp3) is 0.333. The van der Waals surface area contributed by atoms with E-state index in [4.69, 9.17) is 4.74 Å². The first-order valence-corrected chi connectivity index (χ1v) is 6.43. The topological polar surface area (TPSA) is 95.9 Å². The van der Waals surface area contributed by atoms with Gasteiger partial charge in [-0.1, -0.05) is 30.3 Å². The summed E-state index contributed by atoms with van der Waals surface area (Å²) in [5.74, 6) is -3.85. The number of hydrogen-bond acceptors (Lipinski definition) is 6. The van der Waals surface area contributed by atoms with Crippen LogP contribution in [0.1, 0.15) is 25.5 Å². The number of carbonyl (C=O) groups excluding carboxylic acids is 3. The number of carboxylic acid groups (broad SMARTS) is 1. The molecule has 0 bridgehead atoms. The van der Waals surface area contributed by atoms with Crippen LogP contribution in [0.5, 0.6) is 0 Å². The summed E-state index contributed by atoms with van der Waals surface area (Å²) in [4.78, 5) is 38.0. The Bertz CT molecular complexity index is 538. The fourth-order valence-electron chi connectivity index (χ4n) is 1.65. The van der Waals surface area contributed by atoms with Crippen LogP contribution >= 0.6 is 0 Å². The standard InChI is InChI=1S/C15H17NO5/c1-3-21-15(20)12(10(2)17)9-16-13(14(18)19)11-7-5-4-6-8-11/h4-9,12-13H,3H2,1-2H3,(H,18,19)/p-1/t12-,13-/m0/s1. The smallest absolute Gasteiger partial charge is 0.321 e. The maximum atomic E-state index is 11.6. The number of rotatable bonds is 7. The van der Waals surface area contributed by atoms with Crippen molar-refractivity contribution < 1.29 is 24.2 Å². The molecule has 0 unspecified atom stereocenters. The molecule has 1 aromatic carbocycles. The van der Waals surface area contributed by atoms with Gasteiger partial charge in [0, 0.05) is 6.21 Å². The largest absolute Gasteiger partial charge is 0.547 e. The molecule has 0 aromatic heterocycles. The number of aliphatic imine (C=N–C) groups is 1. The van der Waals surface area contributed by atoms with Crippen LogP contribution in [-0.2, 0) is 19.1 Å². The van der Waals surface area contributed by atoms with Gasteiger partial charge in [0.05, 0.1) is 12.6 Å². The van der Waals surface area contributed by atoms with Gasteiger partial charge in [-0.15, -0.1) is 0 Å². The first-order chi connectivity index (χ1) is 9.97. The minimum absolute atomic E-state index is 0.124. The molecule has 0 aliphatic heterocycles. The van der Waals surface area contributed by atoms with Crippen molar-refractivity contribution >= 4 is 23.9 Å². The van der Waals surface area contributed by atoms with E-state index < -0.39 is 29.7 Å². The zero-order valence-electron chi connectivity index (χ0n) is 11.8. The van der Waals surface area contributed by atoms with Gasteiger partial charge < -0.3 is 14.6 Å². The Balaban J connectivity index is 2.98. The van der Waals surface area contributed by atoms with E-state index in [1.165, 1.54) is 6.92 Å². The highest BCUT2D eigenvalue weighted by atomic mass is 16.5. The number of ether oxygens (including phenoxy) is 1. The second-order valence-corrected chi connectivity index (χ2v) is 4.27. The van der Waals surface area contributed by atoms with Crippen molar-refractivity contribution in [1.29, 1.82) is 0 Å². The van der Waals surface area contributed by atoms with E-state index in [9.17, 15) is 19.5 Å². The van der Waals surface area contributed by atoms with Crippen molar-refractivity contribution in [3.05, 3.63) is 35.9 Å². The lowest BCUT2D eigenvalue weighted by Crippen LogP contribution is -2.30. The molecule has 0 heterocycles. The molecular weight excluding hydrogens is 274 g/mol. The van der Waals surface area contributed by atoms with E-state index >= 15 is 0 Å². The first-order valence-electron chi connectivity index (χ1n) is 6.43. The third kappa shape index (κ3) is 4.83.